The molecule has 120 valence electrons. The zero-order valence-corrected chi connectivity index (χ0v) is 13.1. The standard InChI is InChI=1S/C16H23N3O3/c1-21-12-3-4-13(15(9-12)22-2)17-16(20)18-14-10-19-7-5-11(14)6-8-19/h3-4,9,11,14H,5-8,10H2,1-2H3,(H2,17,18,20). The molecule has 1 aromatic carbocycles. The first-order chi connectivity index (χ1) is 10.7. The van der Waals surface area contributed by atoms with Crippen LogP contribution in [0.4, 0.5) is 10.5 Å². The van der Waals surface area contributed by atoms with Gasteiger partial charge in [-0.25, -0.2) is 4.79 Å². The Bertz CT molecular complexity index is 541. The fraction of sp³-hybridized carbons (Fsp3) is 0.562. The Morgan fingerprint density at radius 1 is 1.23 bits per heavy atom. The maximum atomic E-state index is 12.3. The molecule has 2 amide bonds. The Labute approximate surface area is 130 Å². The Balaban J connectivity index is 1.62. The summed E-state index contributed by atoms with van der Waals surface area (Å²) < 4.78 is 10.5. The Morgan fingerprint density at radius 3 is 2.59 bits per heavy atom. The second-order valence-corrected chi connectivity index (χ2v) is 5.91. The highest BCUT2D eigenvalue weighted by Crippen LogP contribution is 2.30. The molecule has 0 aliphatic carbocycles. The van der Waals surface area contributed by atoms with Gasteiger partial charge in [0.15, 0.2) is 0 Å². The molecule has 0 radical (unpaired) electrons. The molecule has 4 rings (SSSR count). The van der Waals surface area contributed by atoms with Gasteiger partial charge in [0.2, 0.25) is 0 Å². The van der Waals surface area contributed by atoms with Crippen LogP contribution in [0.25, 0.3) is 0 Å². The van der Waals surface area contributed by atoms with Crippen LogP contribution in [0.5, 0.6) is 11.5 Å². The topological polar surface area (TPSA) is 62.8 Å². The molecule has 0 saturated carbocycles. The first-order valence-electron chi connectivity index (χ1n) is 7.71. The first kappa shape index (κ1) is 15.0. The van der Waals surface area contributed by atoms with Crippen molar-refractivity contribution in [3.05, 3.63) is 18.2 Å². The van der Waals surface area contributed by atoms with Gasteiger partial charge in [-0.3, -0.25) is 0 Å². The summed E-state index contributed by atoms with van der Waals surface area (Å²) in [6, 6.07) is 5.40. The van der Waals surface area contributed by atoms with E-state index in [-0.39, 0.29) is 12.1 Å². The van der Waals surface area contributed by atoms with Gasteiger partial charge in [-0.1, -0.05) is 0 Å². The van der Waals surface area contributed by atoms with Crippen LogP contribution in [-0.2, 0) is 0 Å². The van der Waals surface area contributed by atoms with Crippen molar-refractivity contribution >= 4 is 11.7 Å². The molecule has 3 saturated heterocycles. The summed E-state index contributed by atoms with van der Waals surface area (Å²) in [6.45, 7) is 3.28. The molecule has 3 fully saturated rings. The minimum atomic E-state index is -0.179. The van der Waals surface area contributed by atoms with Crippen LogP contribution in [0.3, 0.4) is 0 Å². The van der Waals surface area contributed by atoms with Crippen LogP contribution in [0.2, 0.25) is 0 Å². The summed E-state index contributed by atoms with van der Waals surface area (Å²) in [4.78, 5) is 14.7. The maximum Gasteiger partial charge on any atom is 0.319 e. The molecule has 0 aromatic heterocycles. The number of carbonyl (C=O) groups excluding carboxylic acids is 1. The zero-order valence-electron chi connectivity index (χ0n) is 13.1. The van der Waals surface area contributed by atoms with Crippen molar-refractivity contribution in [1.29, 1.82) is 0 Å². The molecule has 2 N–H and O–H groups in total. The Kier molecular flexibility index (Phi) is 4.38. The highest BCUT2D eigenvalue weighted by Gasteiger charge is 2.34. The largest absolute Gasteiger partial charge is 0.497 e. The van der Waals surface area contributed by atoms with E-state index in [9.17, 15) is 4.79 Å². The molecular weight excluding hydrogens is 282 g/mol. The number of piperidine rings is 3. The van der Waals surface area contributed by atoms with Crippen molar-refractivity contribution in [3.8, 4) is 11.5 Å². The summed E-state index contributed by atoms with van der Waals surface area (Å²) in [7, 11) is 3.17. The van der Waals surface area contributed by atoms with Crippen LogP contribution in [0, 0.1) is 5.92 Å². The average molecular weight is 305 g/mol. The number of fused-ring (bicyclic) bond motifs is 3. The number of nitrogens with zero attached hydrogens (tertiary/aromatic N) is 1. The molecule has 22 heavy (non-hydrogen) atoms. The Morgan fingerprint density at radius 2 is 2.00 bits per heavy atom. The van der Waals surface area contributed by atoms with Crippen molar-refractivity contribution in [2.75, 3.05) is 39.2 Å². The van der Waals surface area contributed by atoms with Crippen molar-refractivity contribution in [3.63, 3.8) is 0 Å². The lowest BCUT2D eigenvalue weighted by Crippen LogP contribution is -2.57. The number of nitrogens with one attached hydrogen (secondary N) is 2. The van der Waals surface area contributed by atoms with E-state index in [0.717, 1.165) is 19.6 Å². The number of rotatable bonds is 4. The molecule has 3 heterocycles. The highest BCUT2D eigenvalue weighted by molar-refractivity contribution is 5.91. The third-order valence-corrected chi connectivity index (χ3v) is 4.63. The van der Waals surface area contributed by atoms with Crippen molar-refractivity contribution in [2.24, 2.45) is 5.92 Å². The second-order valence-electron chi connectivity index (χ2n) is 5.91. The fourth-order valence-electron chi connectivity index (χ4n) is 3.36. The fourth-order valence-corrected chi connectivity index (χ4v) is 3.36. The van der Waals surface area contributed by atoms with Crippen LogP contribution in [-0.4, -0.2) is 50.8 Å². The molecule has 3 aliphatic rings. The van der Waals surface area contributed by atoms with Gasteiger partial charge in [-0.05, 0) is 44.0 Å². The van der Waals surface area contributed by atoms with E-state index in [1.807, 2.05) is 0 Å². The maximum absolute atomic E-state index is 12.3. The van der Waals surface area contributed by atoms with Crippen LogP contribution < -0.4 is 20.1 Å². The lowest BCUT2D eigenvalue weighted by molar-refractivity contribution is 0.0776. The van der Waals surface area contributed by atoms with E-state index in [0.29, 0.717) is 23.1 Å². The van der Waals surface area contributed by atoms with E-state index < -0.39 is 0 Å². The number of benzene rings is 1. The van der Waals surface area contributed by atoms with Gasteiger partial charge in [0.25, 0.3) is 0 Å². The molecule has 0 spiro atoms. The number of ether oxygens (including phenoxy) is 2. The molecule has 2 bridgehead atoms. The van der Waals surface area contributed by atoms with Crippen LogP contribution in [0.15, 0.2) is 18.2 Å². The van der Waals surface area contributed by atoms with Gasteiger partial charge < -0.3 is 25.0 Å². The van der Waals surface area contributed by atoms with Crippen molar-refractivity contribution in [2.45, 2.75) is 18.9 Å². The third-order valence-electron chi connectivity index (χ3n) is 4.63. The highest BCUT2D eigenvalue weighted by atomic mass is 16.5. The molecule has 3 aliphatic heterocycles. The van der Waals surface area contributed by atoms with Crippen molar-refractivity contribution < 1.29 is 14.3 Å². The quantitative estimate of drug-likeness (QED) is 0.892. The molecule has 6 heteroatoms. The minimum Gasteiger partial charge on any atom is -0.497 e. The SMILES string of the molecule is COc1ccc(NC(=O)NC2CN3CCC2CC3)c(OC)c1. The zero-order chi connectivity index (χ0) is 15.5. The van der Waals surface area contributed by atoms with Gasteiger partial charge in [-0.2, -0.15) is 0 Å². The van der Waals surface area contributed by atoms with E-state index >= 15 is 0 Å². The van der Waals surface area contributed by atoms with Gasteiger partial charge in [0.1, 0.15) is 11.5 Å². The summed E-state index contributed by atoms with van der Waals surface area (Å²) in [5.74, 6) is 1.89. The second kappa shape index (κ2) is 6.44. The monoisotopic (exact) mass is 305 g/mol. The normalized spacial score (nSPS) is 26.4. The van der Waals surface area contributed by atoms with E-state index in [1.54, 1.807) is 32.4 Å². The Hall–Kier alpha value is -1.95. The van der Waals surface area contributed by atoms with Crippen LogP contribution in [0.1, 0.15) is 12.8 Å². The number of urea groups is 1. The summed E-state index contributed by atoms with van der Waals surface area (Å²) >= 11 is 0. The minimum absolute atomic E-state index is 0.179. The predicted octanol–water partition coefficient (Wildman–Crippen LogP) is 1.92. The summed E-state index contributed by atoms with van der Waals surface area (Å²) in [5, 5.41) is 5.97. The van der Waals surface area contributed by atoms with Gasteiger partial charge in [0, 0.05) is 18.7 Å². The number of hydrogen-bond donors (Lipinski definition) is 2. The van der Waals surface area contributed by atoms with E-state index in [1.165, 1.54) is 12.8 Å². The van der Waals surface area contributed by atoms with Gasteiger partial charge >= 0.3 is 6.03 Å². The molecule has 1 unspecified atom stereocenters. The summed E-state index contributed by atoms with van der Waals surface area (Å²) in [6.07, 6.45) is 2.35. The first-order valence-corrected chi connectivity index (χ1v) is 7.71. The lowest BCUT2D eigenvalue weighted by atomic mass is 9.84. The van der Waals surface area contributed by atoms with Crippen molar-refractivity contribution in [1.82, 2.24) is 10.2 Å². The molecule has 6 nitrogen and oxygen atoms in total. The van der Waals surface area contributed by atoms with E-state index in [4.69, 9.17) is 9.47 Å². The molecule has 1 atom stereocenters. The predicted molar refractivity (Wildman–Crippen MR) is 84.7 cm³/mol. The lowest BCUT2D eigenvalue weighted by Gasteiger charge is -2.44. The number of amides is 2. The number of methoxy groups -OCH3 is 2. The summed E-state index contributed by atoms with van der Waals surface area (Å²) in [5.41, 5.74) is 0.641. The number of anilines is 1. The van der Waals surface area contributed by atoms with Crippen LogP contribution >= 0.6 is 0 Å². The third kappa shape index (κ3) is 3.11. The molecular formula is C16H23N3O3. The number of carbonyl (C=O) groups is 1. The average Bonchev–Trinajstić information content (AvgIpc) is 2.56. The molecule has 1 aromatic rings. The smallest absolute Gasteiger partial charge is 0.319 e. The van der Waals surface area contributed by atoms with Gasteiger partial charge in [0.05, 0.1) is 19.9 Å². The van der Waals surface area contributed by atoms with Gasteiger partial charge in [-0.15, -0.1) is 0 Å². The number of hydrogen-bond acceptors (Lipinski definition) is 4. The van der Waals surface area contributed by atoms with E-state index in [2.05, 4.69) is 15.5 Å².